The molecule has 3 aliphatic carbocycles. The van der Waals surface area contributed by atoms with E-state index in [4.69, 9.17) is 0 Å². The van der Waals surface area contributed by atoms with Crippen molar-refractivity contribution in [3.8, 4) is 0 Å². The van der Waals surface area contributed by atoms with Crippen molar-refractivity contribution in [2.24, 2.45) is 17.8 Å². The van der Waals surface area contributed by atoms with Gasteiger partial charge in [-0.25, -0.2) is 8.42 Å². The van der Waals surface area contributed by atoms with Crippen molar-refractivity contribution >= 4 is 9.84 Å². The summed E-state index contributed by atoms with van der Waals surface area (Å²) in [5.41, 5.74) is 0. The third-order valence-electron chi connectivity index (χ3n) is 5.56. The number of fused-ring (bicyclic) bond motifs is 2. The van der Waals surface area contributed by atoms with Crippen LogP contribution in [-0.2, 0) is 9.84 Å². The lowest BCUT2D eigenvalue weighted by Crippen LogP contribution is -2.42. The minimum absolute atomic E-state index is 0.320. The van der Waals surface area contributed by atoms with Crippen molar-refractivity contribution in [3.63, 3.8) is 0 Å². The van der Waals surface area contributed by atoms with Crippen LogP contribution in [0, 0.1) is 17.8 Å². The summed E-state index contributed by atoms with van der Waals surface area (Å²) in [5.74, 6) is 3.23. The first kappa shape index (κ1) is 12.4. The molecule has 0 radical (unpaired) electrons. The van der Waals surface area contributed by atoms with Crippen molar-refractivity contribution in [1.29, 1.82) is 0 Å². The van der Waals surface area contributed by atoms with E-state index in [2.05, 4.69) is 17.1 Å². The highest BCUT2D eigenvalue weighted by Gasteiger charge is 2.43. The van der Waals surface area contributed by atoms with E-state index in [1.807, 2.05) is 0 Å². The van der Waals surface area contributed by atoms with Crippen LogP contribution in [0.1, 0.15) is 32.1 Å². The van der Waals surface area contributed by atoms with E-state index in [1.165, 1.54) is 25.7 Å². The Balaban J connectivity index is 1.46. The van der Waals surface area contributed by atoms with Gasteiger partial charge in [-0.1, -0.05) is 12.2 Å². The fraction of sp³-hybridized carbons (Fsp3) is 0.867. The van der Waals surface area contributed by atoms with E-state index in [-0.39, 0.29) is 0 Å². The molecule has 1 saturated heterocycles. The normalized spacial score (nSPS) is 43.4. The summed E-state index contributed by atoms with van der Waals surface area (Å²) in [6.07, 6.45) is 10.9. The van der Waals surface area contributed by atoms with Crippen molar-refractivity contribution in [3.05, 3.63) is 12.2 Å². The molecule has 0 aromatic heterocycles. The van der Waals surface area contributed by atoms with Gasteiger partial charge >= 0.3 is 0 Å². The van der Waals surface area contributed by atoms with E-state index >= 15 is 0 Å². The Labute approximate surface area is 116 Å². The predicted octanol–water partition coefficient (Wildman–Crippen LogP) is 1.85. The van der Waals surface area contributed by atoms with Crippen molar-refractivity contribution in [1.82, 2.24) is 4.90 Å². The van der Waals surface area contributed by atoms with Crippen LogP contribution in [0.25, 0.3) is 0 Å². The van der Waals surface area contributed by atoms with Crippen molar-refractivity contribution < 1.29 is 8.42 Å². The highest BCUT2D eigenvalue weighted by Crippen LogP contribution is 2.45. The number of sulfone groups is 1. The second-order valence-electron chi connectivity index (χ2n) is 7.03. The first-order valence-electron chi connectivity index (χ1n) is 7.75. The third-order valence-corrected chi connectivity index (χ3v) is 7.31. The second kappa shape index (κ2) is 4.32. The number of hydrogen-bond acceptors (Lipinski definition) is 3. The Morgan fingerprint density at radius 2 is 1.89 bits per heavy atom. The second-order valence-corrected chi connectivity index (χ2v) is 9.25. The molecule has 2 saturated carbocycles. The average molecular weight is 281 g/mol. The maximum absolute atomic E-state index is 11.7. The van der Waals surface area contributed by atoms with Gasteiger partial charge in [0.2, 0.25) is 0 Å². The molecule has 19 heavy (non-hydrogen) atoms. The molecule has 0 aromatic carbocycles. The summed E-state index contributed by atoms with van der Waals surface area (Å²) in [7, 11) is -2.75. The number of nitrogens with zero attached hydrogens (tertiary/aromatic N) is 1. The van der Waals surface area contributed by atoms with Gasteiger partial charge in [-0.2, -0.15) is 0 Å². The molecule has 3 fully saturated rings. The molecule has 0 N–H and O–H groups in total. The van der Waals surface area contributed by atoms with Crippen LogP contribution in [0.15, 0.2) is 12.2 Å². The Bertz CT molecular complexity index is 494. The summed E-state index contributed by atoms with van der Waals surface area (Å²) >= 11 is 0. The number of allylic oxidation sites excluding steroid dienone is 2. The standard InChI is InChI=1S/C15H23NO2S/c17-19(18)6-5-15(10-19)16(14-3-4-14)9-13-8-11-1-2-12(13)7-11/h1-2,11-15H,3-10H2/t11-,12-,13+,15-/m0/s1. The molecule has 3 nitrogen and oxygen atoms in total. The fourth-order valence-electron chi connectivity index (χ4n) is 4.41. The van der Waals surface area contributed by atoms with E-state index in [0.29, 0.717) is 23.6 Å². The Morgan fingerprint density at radius 3 is 2.42 bits per heavy atom. The maximum Gasteiger partial charge on any atom is 0.151 e. The lowest BCUT2D eigenvalue weighted by molar-refractivity contribution is 0.159. The lowest BCUT2D eigenvalue weighted by atomic mass is 9.92. The summed E-state index contributed by atoms with van der Waals surface area (Å²) in [6, 6.07) is 1.02. The Morgan fingerprint density at radius 1 is 1.05 bits per heavy atom. The van der Waals surface area contributed by atoms with Crippen LogP contribution < -0.4 is 0 Å². The lowest BCUT2D eigenvalue weighted by Gasteiger charge is -2.32. The molecule has 4 rings (SSSR count). The molecule has 4 heteroatoms. The first-order valence-corrected chi connectivity index (χ1v) is 9.57. The molecule has 0 aromatic rings. The van der Waals surface area contributed by atoms with Crippen LogP contribution in [0.4, 0.5) is 0 Å². The van der Waals surface area contributed by atoms with Gasteiger partial charge in [-0.05, 0) is 49.9 Å². The number of rotatable bonds is 4. The minimum atomic E-state index is -2.75. The molecule has 4 aliphatic rings. The smallest absolute Gasteiger partial charge is 0.151 e. The van der Waals surface area contributed by atoms with Crippen molar-refractivity contribution in [2.75, 3.05) is 18.1 Å². The molecule has 0 unspecified atom stereocenters. The predicted molar refractivity (Wildman–Crippen MR) is 75.6 cm³/mol. The molecular formula is C15H23NO2S. The van der Waals surface area contributed by atoms with E-state index < -0.39 is 9.84 Å². The van der Waals surface area contributed by atoms with Crippen LogP contribution >= 0.6 is 0 Å². The van der Waals surface area contributed by atoms with Crippen LogP contribution in [0.3, 0.4) is 0 Å². The maximum atomic E-state index is 11.7. The van der Waals surface area contributed by atoms with E-state index in [0.717, 1.165) is 30.7 Å². The van der Waals surface area contributed by atoms with Gasteiger partial charge in [0.1, 0.15) is 0 Å². The molecule has 0 spiro atoms. The molecule has 106 valence electrons. The van der Waals surface area contributed by atoms with Gasteiger partial charge in [-0.15, -0.1) is 0 Å². The summed E-state index contributed by atoms with van der Waals surface area (Å²) in [4.78, 5) is 2.57. The van der Waals surface area contributed by atoms with Gasteiger partial charge in [0.05, 0.1) is 11.5 Å². The minimum Gasteiger partial charge on any atom is -0.296 e. The van der Waals surface area contributed by atoms with E-state index in [9.17, 15) is 8.42 Å². The third kappa shape index (κ3) is 2.38. The molecule has 1 heterocycles. The summed E-state index contributed by atoms with van der Waals surface area (Å²) in [6.45, 7) is 1.15. The highest BCUT2D eigenvalue weighted by molar-refractivity contribution is 7.91. The quantitative estimate of drug-likeness (QED) is 0.738. The zero-order chi connectivity index (χ0) is 13.0. The van der Waals surface area contributed by atoms with Gasteiger partial charge in [0, 0.05) is 18.6 Å². The topological polar surface area (TPSA) is 37.4 Å². The van der Waals surface area contributed by atoms with Crippen molar-refractivity contribution in [2.45, 2.75) is 44.2 Å². The van der Waals surface area contributed by atoms with Crippen LogP contribution in [0.5, 0.6) is 0 Å². The van der Waals surface area contributed by atoms with Gasteiger partial charge in [0.15, 0.2) is 9.84 Å². The zero-order valence-corrected chi connectivity index (χ0v) is 12.2. The first-order chi connectivity index (χ1) is 9.11. The number of hydrogen-bond donors (Lipinski definition) is 0. The van der Waals surface area contributed by atoms with Gasteiger partial charge in [0.25, 0.3) is 0 Å². The molecule has 2 bridgehead atoms. The van der Waals surface area contributed by atoms with Crippen LogP contribution in [0.2, 0.25) is 0 Å². The molecular weight excluding hydrogens is 258 g/mol. The average Bonchev–Trinajstić information content (AvgIpc) is 2.82. The fourth-order valence-corrected chi connectivity index (χ4v) is 6.16. The van der Waals surface area contributed by atoms with Gasteiger partial charge in [-0.3, -0.25) is 4.90 Å². The van der Waals surface area contributed by atoms with Crippen LogP contribution in [-0.4, -0.2) is 43.5 Å². The Kier molecular flexibility index (Phi) is 2.82. The Hall–Kier alpha value is -0.350. The largest absolute Gasteiger partial charge is 0.296 e. The molecule has 4 atom stereocenters. The summed E-state index contributed by atoms with van der Waals surface area (Å²) < 4.78 is 23.4. The molecule has 1 aliphatic heterocycles. The van der Waals surface area contributed by atoms with Gasteiger partial charge < -0.3 is 0 Å². The zero-order valence-electron chi connectivity index (χ0n) is 11.4. The summed E-state index contributed by atoms with van der Waals surface area (Å²) in [5, 5.41) is 0. The molecule has 0 amide bonds. The highest BCUT2D eigenvalue weighted by atomic mass is 32.2. The monoisotopic (exact) mass is 281 g/mol. The SMILES string of the molecule is O=S1(=O)CC[C@H](N(C[C@H]2C[C@H]3C=C[C@H]2C3)C2CC2)C1. The van der Waals surface area contributed by atoms with E-state index in [1.54, 1.807) is 0 Å².